The van der Waals surface area contributed by atoms with Crippen LogP contribution in [0.2, 0.25) is 0 Å². The van der Waals surface area contributed by atoms with Crippen molar-refractivity contribution in [1.82, 2.24) is 0 Å². The molecule has 2 aliphatic rings. The molecule has 118 valence electrons. The van der Waals surface area contributed by atoms with Crippen LogP contribution in [0.1, 0.15) is 66.7 Å². The summed E-state index contributed by atoms with van der Waals surface area (Å²) >= 11 is 0. The van der Waals surface area contributed by atoms with Crippen LogP contribution in [0.15, 0.2) is 0 Å². The number of rotatable bonds is 5. The maximum absolute atomic E-state index is 5.89. The van der Waals surface area contributed by atoms with Gasteiger partial charge in [0.05, 0.1) is 12.7 Å². The molecule has 0 aromatic carbocycles. The van der Waals surface area contributed by atoms with Gasteiger partial charge in [-0.1, -0.05) is 34.6 Å². The lowest BCUT2D eigenvalue weighted by Crippen LogP contribution is -2.44. The Morgan fingerprint density at radius 3 is 2.05 bits per heavy atom. The predicted molar refractivity (Wildman–Crippen MR) is 83.9 cm³/mol. The third-order valence-corrected chi connectivity index (χ3v) is 4.86. The summed E-state index contributed by atoms with van der Waals surface area (Å²) in [5, 5.41) is 0. The molecule has 2 aliphatic heterocycles. The van der Waals surface area contributed by atoms with Gasteiger partial charge in [-0.05, 0) is 48.9 Å². The first-order valence-electron chi connectivity index (χ1n) is 8.45. The van der Waals surface area contributed by atoms with Gasteiger partial charge >= 0.3 is 0 Å². The van der Waals surface area contributed by atoms with E-state index in [1.165, 1.54) is 32.1 Å². The van der Waals surface area contributed by atoms with Gasteiger partial charge in [0.2, 0.25) is 0 Å². The van der Waals surface area contributed by atoms with E-state index in [0.717, 1.165) is 31.7 Å². The second kappa shape index (κ2) is 6.36. The second-order valence-electron chi connectivity index (χ2n) is 9.02. The van der Waals surface area contributed by atoms with E-state index in [2.05, 4.69) is 34.6 Å². The summed E-state index contributed by atoms with van der Waals surface area (Å²) < 4.78 is 11.4. The van der Waals surface area contributed by atoms with Crippen molar-refractivity contribution in [2.45, 2.75) is 72.8 Å². The molecule has 2 fully saturated rings. The zero-order chi connectivity index (χ0) is 14.8. The minimum atomic E-state index is 0.406. The average Bonchev–Trinajstić information content (AvgIpc) is 2.32. The smallest absolute Gasteiger partial charge is 0.0630 e. The molecule has 0 aliphatic carbocycles. The highest BCUT2D eigenvalue weighted by molar-refractivity contribution is 4.88. The highest BCUT2D eigenvalue weighted by Gasteiger charge is 2.39. The van der Waals surface area contributed by atoms with Crippen LogP contribution in [0, 0.1) is 22.7 Å². The molecule has 2 saturated heterocycles. The van der Waals surface area contributed by atoms with E-state index >= 15 is 0 Å². The normalized spacial score (nSPS) is 29.2. The van der Waals surface area contributed by atoms with Crippen molar-refractivity contribution in [3.63, 3.8) is 0 Å². The third kappa shape index (κ3) is 5.04. The summed E-state index contributed by atoms with van der Waals surface area (Å²) in [6.45, 7) is 14.8. The maximum atomic E-state index is 5.89. The Kier molecular flexibility index (Phi) is 5.18. The van der Waals surface area contributed by atoms with Gasteiger partial charge in [0.1, 0.15) is 0 Å². The highest BCUT2D eigenvalue weighted by atomic mass is 16.5. The van der Waals surface area contributed by atoms with Gasteiger partial charge < -0.3 is 9.47 Å². The molecule has 0 amide bonds. The summed E-state index contributed by atoms with van der Waals surface area (Å²) in [5.74, 6) is 1.64. The first kappa shape index (κ1) is 16.3. The highest BCUT2D eigenvalue weighted by Crippen LogP contribution is 2.42. The molecule has 2 heteroatoms. The quantitative estimate of drug-likeness (QED) is 0.729. The summed E-state index contributed by atoms with van der Waals surface area (Å²) in [7, 11) is 0. The Hall–Kier alpha value is -0.0800. The van der Waals surface area contributed by atoms with E-state index in [-0.39, 0.29) is 0 Å². The molecule has 2 nitrogen and oxygen atoms in total. The molecule has 0 radical (unpaired) electrons. The van der Waals surface area contributed by atoms with Gasteiger partial charge in [-0.15, -0.1) is 0 Å². The van der Waals surface area contributed by atoms with Crippen LogP contribution in [0.4, 0.5) is 0 Å². The second-order valence-corrected chi connectivity index (χ2v) is 9.02. The lowest BCUT2D eigenvalue weighted by molar-refractivity contribution is -0.144. The fourth-order valence-corrected chi connectivity index (χ4v) is 3.93. The maximum Gasteiger partial charge on any atom is 0.0630 e. The largest absolute Gasteiger partial charge is 0.381 e. The van der Waals surface area contributed by atoms with Crippen LogP contribution >= 0.6 is 0 Å². The van der Waals surface area contributed by atoms with Gasteiger partial charge in [0, 0.05) is 19.1 Å². The summed E-state index contributed by atoms with van der Waals surface area (Å²) in [4.78, 5) is 0. The monoisotopic (exact) mass is 282 g/mol. The first-order valence-corrected chi connectivity index (χ1v) is 8.45. The molecule has 0 aromatic heterocycles. The standard InChI is InChI=1S/C18H34O2/c1-17(2,3)11-15-13-20-16(15)12-18(4,5)10-14-6-8-19-9-7-14/h14-16H,6-13H2,1-5H3. The number of hydrogen-bond acceptors (Lipinski definition) is 2. The molecule has 0 N–H and O–H groups in total. The summed E-state index contributed by atoms with van der Waals surface area (Å²) in [6.07, 6.45) is 6.86. The minimum absolute atomic E-state index is 0.406. The van der Waals surface area contributed by atoms with Crippen LogP contribution < -0.4 is 0 Å². The fourth-order valence-electron chi connectivity index (χ4n) is 3.93. The Morgan fingerprint density at radius 1 is 0.900 bits per heavy atom. The van der Waals surface area contributed by atoms with Gasteiger partial charge in [-0.2, -0.15) is 0 Å². The molecule has 0 saturated carbocycles. The van der Waals surface area contributed by atoms with E-state index in [1.54, 1.807) is 0 Å². The van der Waals surface area contributed by atoms with Crippen molar-refractivity contribution in [2.75, 3.05) is 19.8 Å². The van der Waals surface area contributed by atoms with Crippen molar-refractivity contribution in [1.29, 1.82) is 0 Å². The van der Waals surface area contributed by atoms with Crippen molar-refractivity contribution >= 4 is 0 Å². The van der Waals surface area contributed by atoms with Crippen LogP contribution in [0.5, 0.6) is 0 Å². The average molecular weight is 282 g/mol. The van der Waals surface area contributed by atoms with Crippen molar-refractivity contribution in [3.8, 4) is 0 Å². The topological polar surface area (TPSA) is 18.5 Å². The molecule has 2 unspecified atom stereocenters. The van der Waals surface area contributed by atoms with Crippen molar-refractivity contribution in [2.24, 2.45) is 22.7 Å². The molecule has 0 bridgehead atoms. The number of hydrogen-bond donors (Lipinski definition) is 0. The van der Waals surface area contributed by atoms with E-state index < -0.39 is 0 Å². The van der Waals surface area contributed by atoms with Gasteiger partial charge in [-0.3, -0.25) is 0 Å². The lowest BCUT2D eigenvalue weighted by atomic mass is 9.71. The van der Waals surface area contributed by atoms with Crippen LogP contribution in [0.25, 0.3) is 0 Å². The van der Waals surface area contributed by atoms with E-state index in [1.807, 2.05) is 0 Å². The van der Waals surface area contributed by atoms with Crippen LogP contribution in [-0.4, -0.2) is 25.9 Å². The minimum Gasteiger partial charge on any atom is -0.381 e. The lowest BCUT2D eigenvalue weighted by Gasteiger charge is -2.44. The SMILES string of the molecule is CC(C)(C)CC1COC1CC(C)(C)CC1CCOCC1. The molecular formula is C18H34O2. The van der Waals surface area contributed by atoms with Crippen molar-refractivity contribution in [3.05, 3.63) is 0 Å². The van der Waals surface area contributed by atoms with Crippen LogP contribution in [-0.2, 0) is 9.47 Å². The molecule has 0 aromatic rings. The zero-order valence-corrected chi connectivity index (χ0v) is 14.2. The van der Waals surface area contributed by atoms with Gasteiger partial charge in [0.15, 0.2) is 0 Å². The fraction of sp³-hybridized carbons (Fsp3) is 1.00. The molecule has 2 rings (SSSR count). The molecular weight excluding hydrogens is 248 g/mol. The Balaban J connectivity index is 1.78. The Labute approximate surface area is 125 Å². The zero-order valence-electron chi connectivity index (χ0n) is 14.2. The first-order chi connectivity index (χ1) is 9.25. The number of ether oxygens (including phenoxy) is 2. The Morgan fingerprint density at radius 2 is 1.55 bits per heavy atom. The summed E-state index contributed by atoms with van der Waals surface area (Å²) in [5.41, 5.74) is 0.834. The van der Waals surface area contributed by atoms with Gasteiger partial charge in [-0.25, -0.2) is 0 Å². The van der Waals surface area contributed by atoms with E-state index in [0.29, 0.717) is 16.9 Å². The predicted octanol–water partition coefficient (Wildman–Crippen LogP) is 4.67. The van der Waals surface area contributed by atoms with Gasteiger partial charge in [0.25, 0.3) is 0 Å². The van der Waals surface area contributed by atoms with Crippen molar-refractivity contribution < 1.29 is 9.47 Å². The molecule has 2 heterocycles. The Bertz CT molecular complexity index is 297. The van der Waals surface area contributed by atoms with E-state index in [4.69, 9.17) is 9.47 Å². The van der Waals surface area contributed by atoms with E-state index in [9.17, 15) is 0 Å². The molecule has 2 atom stereocenters. The van der Waals surface area contributed by atoms with Crippen LogP contribution in [0.3, 0.4) is 0 Å². The third-order valence-electron chi connectivity index (χ3n) is 4.86. The summed E-state index contributed by atoms with van der Waals surface area (Å²) in [6, 6.07) is 0. The molecule has 20 heavy (non-hydrogen) atoms. The molecule has 0 spiro atoms.